The molecule has 6 nitrogen and oxygen atoms in total. The summed E-state index contributed by atoms with van der Waals surface area (Å²) in [7, 11) is 0. The van der Waals surface area contributed by atoms with Gasteiger partial charge in [-0.15, -0.1) is 0 Å². The summed E-state index contributed by atoms with van der Waals surface area (Å²) in [6.07, 6.45) is 0. The average molecular weight is 524 g/mol. The minimum atomic E-state index is -0.364. The van der Waals surface area contributed by atoms with Crippen LogP contribution in [0.2, 0.25) is 0 Å². The summed E-state index contributed by atoms with van der Waals surface area (Å²) < 4.78 is 14.3. The lowest BCUT2D eigenvalue weighted by atomic mass is 10.2. The fourth-order valence-electron chi connectivity index (χ4n) is 2.80. The Bertz CT molecular complexity index is 1100. The highest BCUT2D eigenvalue weighted by Gasteiger charge is 2.14. The summed E-state index contributed by atoms with van der Waals surface area (Å²) in [5, 5.41) is 0. The predicted octanol–water partition coefficient (Wildman–Crippen LogP) is 4.26. The van der Waals surface area contributed by atoms with Crippen LogP contribution < -0.4 is 4.80 Å². The van der Waals surface area contributed by atoms with Crippen molar-refractivity contribution in [2.45, 2.75) is 20.4 Å². The van der Waals surface area contributed by atoms with Gasteiger partial charge in [-0.25, -0.2) is 4.79 Å². The zero-order valence-corrected chi connectivity index (χ0v) is 19.2. The molecule has 2 aromatic carbocycles. The highest BCUT2D eigenvalue weighted by atomic mass is 127. The minimum absolute atomic E-state index is 0.294. The van der Waals surface area contributed by atoms with Gasteiger partial charge in [0.1, 0.15) is 0 Å². The molecule has 0 spiro atoms. The average Bonchev–Trinajstić information content (AvgIpc) is 3.05. The van der Waals surface area contributed by atoms with Gasteiger partial charge >= 0.3 is 5.97 Å². The Balaban J connectivity index is 2.08. The maximum Gasteiger partial charge on any atom is 0.338 e. The molecule has 152 valence electrons. The molecule has 0 atom stereocenters. The van der Waals surface area contributed by atoms with Crippen LogP contribution in [0.25, 0.3) is 10.2 Å². The van der Waals surface area contributed by atoms with Crippen LogP contribution in [-0.4, -0.2) is 36.3 Å². The van der Waals surface area contributed by atoms with Gasteiger partial charge < -0.3 is 14.0 Å². The number of carbonyl (C=O) groups excluding carboxylic acids is 2. The zero-order valence-electron chi connectivity index (χ0n) is 16.2. The van der Waals surface area contributed by atoms with Crippen molar-refractivity contribution in [3.05, 3.63) is 62.0 Å². The first-order chi connectivity index (χ1) is 14.0. The summed E-state index contributed by atoms with van der Waals surface area (Å²) in [6, 6.07) is 12.7. The third-order valence-electron chi connectivity index (χ3n) is 4.16. The lowest BCUT2D eigenvalue weighted by molar-refractivity contribution is 0.0526. The molecule has 3 aromatic rings. The van der Waals surface area contributed by atoms with Crippen LogP contribution in [0.4, 0.5) is 0 Å². The Morgan fingerprint density at radius 1 is 1.14 bits per heavy atom. The molecule has 1 heterocycles. The predicted molar refractivity (Wildman–Crippen MR) is 121 cm³/mol. The molecule has 29 heavy (non-hydrogen) atoms. The Hall–Kier alpha value is -2.04. The van der Waals surface area contributed by atoms with Crippen molar-refractivity contribution in [1.29, 1.82) is 0 Å². The van der Waals surface area contributed by atoms with Gasteiger partial charge in [0.2, 0.25) is 0 Å². The standard InChI is InChI=1S/C21H21IN2O4S/c1-3-27-12-11-24-17-10-9-14(20(26)28-4-2)13-18(17)29-21(24)23-19(25)15-7-5-6-8-16(15)22/h5-10,13H,3-4,11-12H2,1-2H3. The van der Waals surface area contributed by atoms with E-state index >= 15 is 0 Å². The Labute approximate surface area is 186 Å². The van der Waals surface area contributed by atoms with Crippen molar-refractivity contribution < 1.29 is 19.1 Å². The fraction of sp³-hybridized carbons (Fsp3) is 0.286. The van der Waals surface area contributed by atoms with Gasteiger partial charge in [0, 0.05) is 16.7 Å². The molecule has 8 heteroatoms. The number of ether oxygens (including phenoxy) is 2. The van der Waals surface area contributed by atoms with Crippen molar-refractivity contribution in [1.82, 2.24) is 4.57 Å². The monoisotopic (exact) mass is 524 g/mol. The van der Waals surface area contributed by atoms with Crippen LogP contribution in [0.1, 0.15) is 34.6 Å². The molecule has 0 N–H and O–H groups in total. The third kappa shape index (κ3) is 5.12. The van der Waals surface area contributed by atoms with E-state index in [-0.39, 0.29) is 11.9 Å². The molecule has 0 bridgehead atoms. The first kappa shape index (κ1) is 21.7. The molecule has 1 aromatic heterocycles. The van der Waals surface area contributed by atoms with E-state index in [0.29, 0.717) is 42.3 Å². The van der Waals surface area contributed by atoms with E-state index < -0.39 is 0 Å². The molecule has 0 fully saturated rings. The van der Waals surface area contributed by atoms with Gasteiger partial charge in [0.25, 0.3) is 5.91 Å². The van der Waals surface area contributed by atoms with Crippen LogP contribution in [0, 0.1) is 3.57 Å². The quantitative estimate of drug-likeness (QED) is 0.263. The number of esters is 1. The normalized spacial score (nSPS) is 11.8. The molecule has 0 aliphatic carbocycles. The molecule has 0 aliphatic heterocycles. The second kappa shape index (κ2) is 10.1. The molecule has 0 saturated heterocycles. The van der Waals surface area contributed by atoms with Crippen molar-refractivity contribution in [3.8, 4) is 0 Å². The number of thiazole rings is 1. The van der Waals surface area contributed by atoms with Gasteiger partial charge in [-0.1, -0.05) is 23.5 Å². The van der Waals surface area contributed by atoms with Crippen LogP contribution >= 0.6 is 33.9 Å². The van der Waals surface area contributed by atoms with E-state index in [0.717, 1.165) is 13.8 Å². The highest BCUT2D eigenvalue weighted by molar-refractivity contribution is 14.1. The molecule has 1 amide bonds. The smallest absolute Gasteiger partial charge is 0.338 e. The van der Waals surface area contributed by atoms with Gasteiger partial charge in [-0.3, -0.25) is 4.79 Å². The Kier molecular flexibility index (Phi) is 7.57. The van der Waals surface area contributed by atoms with Crippen molar-refractivity contribution >= 4 is 56.0 Å². The van der Waals surface area contributed by atoms with Crippen molar-refractivity contribution in [3.63, 3.8) is 0 Å². The minimum Gasteiger partial charge on any atom is -0.462 e. The van der Waals surface area contributed by atoms with Gasteiger partial charge in [0.15, 0.2) is 4.80 Å². The molecule has 0 unspecified atom stereocenters. The van der Waals surface area contributed by atoms with E-state index in [1.807, 2.05) is 35.8 Å². The van der Waals surface area contributed by atoms with E-state index in [2.05, 4.69) is 27.6 Å². The SMILES string of the molecule is CCOCCn1c(=NC(=O)c2ccccc2I)sc2cc(C(=O)OCC)ccc21. The highest BCUT2D eigenvalue weighted by Crippen LogP contribution is 2.20. The van der Waals surface area contributed by atoms with Crippen molar-refractivity contribution in [2.75, 3.05) is 19.8 Å². The lowest BCUT2D eigenvalue weighted by Gasteiger charge is -2.06. The Morgan fingerprint density at radius 3 is 2.66 bits per heavy atom. The second-order valence-corrected chi connectivity index (χ2v) is 8.20. The molecular formula is C21H21IN2O4S. The number of benzene rings is 2. The van der Waals surface area contributed by atoms with E-state index in [4.69, 9.17) is 9.47 Å². The molecule has 3 rings (SSSR count). The number of hydrogen-bond acceptors (Lipinski definition) is 5. The van der Waals surface area contributed by atoms with Gasteiger partial charge in [0.05, 0.1) is 34.6 Å². The number of amides is 1. The number of halogens is 1. The third-order valence-corrected chi connectivity index (χ3v) is 6.14. The van der Waals surface area contributed by atoms with Gasteiger partial charge in [-0.2, -0.15) is 4.99 Å². The van der Waals surface area contributed by atoms with Crippen LogP contribution in [0.3, 0.4) is 0 Å². The van der Waals surface area contributed by atoms with Crippen LogP contribution in [0.15, 0.2) is 47.5 Å². The van der Waals surface area contributed by atoms with Crippen LogP contribution in [0.5, 0.6) is 0 Å². The summed E-state index contributed by atoms with van der Waals surface area (Å²) in [6.45, 7) is 5.71. The first-order valence-electron chi connectivity index (χ1n) is 9.27. The number of nitrogens with zero attached hydrogens (tertiary/aromatic N) is 2. The van der Waals surface area contributed by atoms with E-state index in [9.17, 15) is 9.59 Å². The fourth-order valence-corrected chi connectivity index (χ4v) is 4.51. The topological polar surface area (TPSA) is 69.9 Å². The number of carbonyl (C=O) groups is 2. The zero-order chi connectivity index (χ0) is 20.8. The number of hydrogen-bond donors (Lipinski definition) is 0. The molecule has 0 saturated carbocycles. The Morgan fingerprint density at radius 2 is 1.93 bits per heavy atom. The summed E-state index contributed by atoms with van der Waals surface area (Å²) in [5.74, 6) is -0.658. The number of aromatic nitrogens is 1. The second-order valence-electron chi connectivity index (χ2n) is 6.03. The number of fused-ring (bicyclic) bond motifs is 1. The maximum atomic E-state index is 12.8. The summed E-state index contributed by atoms with van der Waals surface area (Å²) in [4.78, 5) is 29.8. The van der Waals surface area contributed by atoms with E-state index in [1.54, 1.807) is 25.1 Å². The molecule has 0 aliphatic rings. The van der Waals surface area contributed by atoms with Gasteiger partial charge in [-0.05, 0) is 66.8 Å². The molecule has 0 radical (unpaired) electrons. The van der Waals surface area contributed by atoms with Crippen molar-refractivity contribution in [2.24, 2.45) is 4.99 Å². The number of rotatable bonds is 7. The summed E-state index contributed by atoms with van der Waals surface area (Å²) >= 11 is 3.50. The lowest BCUT2D eigenvalue weighted by Crippen LogP contribution is -2.20. The maximum absolute atomic E-state index is 12.8. The summed E-state index contributed by atoms with van der Waals surface area (Å²) in [5.41, 5.74) is 1.94. The molecular weight excluding hydrogens is 503 g/mol. The van der Waals surface area contributed by atoms with Crippen LogP contribution in [-0.2, 0) is 16.0 Å². The van der Waals surface area contributed by atoms with E-state index in [1.165, 1.54) is 11.3 Å². The first-order valence-corrected chi connectivity index (χ1v) is 11.2. The largest absolute Gasteiger partial charge is 0.462 e.